The van der Waals surface area contributed by atoms with Gasteiger partial charge in [-0.05, 0) is 42.8 Å². The van der Waals surface area contributed by atoms with Gasteiger partial charge in [0.05, 0.1) is 5.69 Å². The number of pyridine rings is 1. The van der Waals surface area contributed by atoms with E-state index in [9.17, 15) is 0 Å². The molecule has 0 saturated heterocycles. The van der Waals surface area contributed by atoms with Gasteiger partial charge in [0.1, 0.15) is 11.2 Å². The number of aromatic nitrogens is 1. The van der Waals surface area contributed by atoms with Crippen LogP contribution < -0.4 is 0 Å². The second-order valence-corrected chi connectivity index (χ2v) is 5.00. The van der Waals surface area contributed by atoms with Crippen molar-refractivity contribution in [2.75, 3.05) is 0 Å². The molecule has 0 amide bonds. The van der Waals surface area contributed by atoms with Crippen molar-refractivity contribution in [3.05, 3.63) is 66.4 Å². The molecular formula is C18H13NO. The van der Waals surface area contributed by atoms with E-state index in [1.54, 1.807) is 0 Å². The quantitative estimate of drug-likeness (QED) is 0.483. The van der Waals surface area contributed by atoms with Gasteiger partial charge in [0.15, 0.2) is 0 Å². The first kappa shape index (κ1) is 11.2. The van der Waals surface area contributed by atoms with E-state index >= 15 is 0 Å². The Morgan fingerprint density at radius 3 is 2.60 bits per heavy atom. The molecule has 2 heterocycles. The molecule has 0 radical (unpaired) electrons. The number of nitrogens with zero attached hydrogens (tertiary/aromatic N) is 1. The van der Waals surface area contributed by atoms with Crippen molar-refractivity contribution in [2.45, 2.75) is 6.92 Å². The third-order valence-electron chi connectivity index (χ3n) is 3.56. The SMILES string of the molecule is Cc1cc(-c2ccccn2)c2oc3ccccc3c2c1. The van der Waals surface area contributed by atoms with Crippen molar-refractivity contribution < 1.29 is 4.42 Å². The summed E-state index contributed by atoms with van der Waals surface area (Å²) >= 11 is 0. The zero-order valence-electron chi connectivity index (χ0n) is 11.1. The molecule has 2 aromatic carbocycles. The Labute approximate surface area is 116 Å². The molecule has 0 aliphatic heterocycles. The minimum absolute atomic E-state index is 0.913. The molecule has 96 valence electrons. The van der Waals surface area contributed by atoms with Gasteiger partial charge in [-0.15, -0.1) is 0 Å². The highest BCUT2D eigenvalue weighted by Gasteiger charge is 2.13. The third kappa shape index (κ3) is 1.62. The van der Waals surface area contributed by atoms with Crippen LogP contribution in [-0.2, 0) is 0 Å². The molecule has 2 nitrogen and oxygen atoms in total. The van der Waals surface area contributed by atoms with E-state index < -0.39 is 0 Å². The maximum Gasteiger partial charge on any atom is 0.144 e. The van der Waals surface area contributed by atoms with E-state index in [1.165, 1.54) is 5.56 Å². The number of hydrogen-bond donors (Lipinski definition) is 0. The number of fused-ring (bicyclic) bond motifs is 3. The van der Waals surface area contributed by atoms with E-state index in [1.807, 2.05) is 42.6 Å². The van der Waals surface area contributed by atoms with Gasteiger partial charge in [0.25, 0.3) is 0 Å². The topological polar surface area (TPSA) is 26.0 Å². The molecule has 20 heavy (non-hydrogen) atoms. The van der Waals surface area contributed by atoms with Crippen LogP contribution in [0.2, 0.25) is 0 Å². The maximum atomic E-state index is 6.05. The Balaban J connectivity index is 2.16. The Kier molecular flexibility index (Phi) is 2.36. The summed E-state index contributed by atoms with van der Waals surface area (Å²) in [5.41, 5.74) is 5.04. The average Bonchev–Trinajstić information content (AvgIpc) is 2.86. The molecule has 0 unspecified atom stereocenters. The second kappa shape index (κ2) is 4.20. The van der Waals surface area contributed by atoms with Gasteiger partial charge in [-0.3, -0.25) is 4.98 Å². The predicted octanol–water partition coefficient (Wildman–Crippen LogP) is 4.96. The summed E-state index contributed by atoms with van der Waals surface area (Å²) in [6.07, 6.45) is 1.81. The van der Waals surface area contributed by atoms with Crippen LogP contribution >= 0.6 is 0 Å². The fourth-order valence-electron chi connectivity index (χ4n) is 2.68. The van der Waals surface area contributed by atoms with E-state index in [4.69, 9.17) is 4.42 Å². The first-order valence-corrected chi connectivity index (χ1v) is 6.66. The first-order valence-electron chi connectivity index (χ1n) is 6.66. The lowest BCUT2D eigenvalue weighted by atomic mass is 10.0. The molecule has 2 heteroatoms. The fraction of sp³-hybridized carbons (Fsp3) is 0.0556. The highest BCUT2D eigenvalue weighted by Crippen LogP contribution is 2.35. The van der Waals surface area contributed by atoms with E-state index in [0.29, 0.717) is 0 Å². The van der Waals surface area contributed by atoms with Crippen molar-refractivity contribution in [3.63, 3.8) is 0 Å². The number of benzene rings is 2. The molecule has 0 atom stereocenters. The number of aryl methyl sites for hydroxylation is 1. The lowest BCUT2D eigenvalue weighted by Crippen LogP contribution is -1.84. The first-order chi connectivity index (χ1) is 9.83. The van der Waals surface area contributed by atoms with E-state index in [0.717, 1.165) is 33.2 Å². The zero-order valence-corrected chi connectivity index (χ0v) is 11.1. The van der Waals surface area contributed by atoms with Crippen LogP contribution in [0.25, 0.3) is 33.2 Å². The van der Waals surface area contributed by atoms with Crippen LogP contribution in [0.5, 0.6) is 0 Å². The van der Waals surface area contributed by atoms with Crippen LogP contribution in [-0.4, -0.2) is 4.98 Å². The summed E-state index contributed by atoms with van der Waals surface area (Å²) in [6, 6.07) is 18.4. The maximum absolute atomic E-state index is 6.05. The summed E-state index contributed by atoms with van der Waals surface area (Å²) < 4.78 is 6.05. The van der Waals surface area contributed by atoms with Gasteiger partial charge in [-0.1, -0.05) is 24.3 Å². The minimum Gasteiger partial charge on any atom is -0.455 e. The normalized spacial score (nSPS) is 11.2. The van der Waals surface area contributed by atoms with Crippen molar-refractivity contribution in [1.29, 1.82) is 0 Å². The Hall–Kier alpha value is -2.61. The number of furan rings is 1. The predicted molar refractivity (Wildman–Crippen MR) is 81.7 cm³/mol. The van der Waals surface area contributed by atoms with Crippen molar-refractivity contribution >= 4 is 21.9 Å². The lowest BCUT2D eigenvalue weighted by molar-refractivity contribution is 0.669. The summed E-state index contributed by atoms with van der Waals surface area (Å²) in [7, 11) is 0. The molecule has 4 rings (SSSR count). The summed E-state index contributed by atoms with van der Waals surface area (Å²) in [5, 5.41) is 2.31. The molecule has 4 aromatic rings. The van der Waals surface area contributed by atoms with Crippen molar-refractivity contribution in [2.24, 2.45) is 0 Å². The van der Waals surface area contributed by atoms with Crippen LogP contribution in [0.3, 0.4) is 0 Å². The molecule has 0 fully saturated rings. The zero-order chi connectivity index (χ0) is 13.5. The molecule has 0 aliphatic carbocycles. The molecule has 0 saturated carbocycles. The Morgan fingerprint density at radius 2 is 1.75 bits per heavy atom. The van der Waals surface area contributed by atoms with Crippen LogP contribution in [0, 0.1) is 6.92 Å². The van der Waals surface area contributed by atoms with Gasteiger partial charge < -0.3 is 4.42 Å². The van der Waals surface area contributed by atoms with Gasteiger partial charge in [-0.2, -0.15) is 0 Å². The Morgan fingerprint density at radius 1 is 0.900 bits per heavy atom. The summed E-state index contributed by atoms with van der Waals surface area (Å²) in [4.78, 5) is 4.45. The van der Waals surface area contributed by atoms with Crippen LogP contribution in [0.4, 0.5) is 0 Å². The lowest BCUT2D eigenvalue weighted by Gasteiger charge is -2.03. The molecule has 0 bridgehead atoms. The van der Waals surface area contributed by atoms with Crippen LogP contribution in [0.15, 0.2) is 65.2 Å². The monoisotopic (exact) mass is 259 g/mol. The largest absolute Gasteiger partial charge is 0.455 e. The third-order valence-corrected chi connectivity index (χ3v) is 3.56. The highest BCUT2D eigenvalue weighted by atomic mass is 16.3. The number of rotatable bonds is 1. The van der Waals surface area contributed by atoms with E-state index in [2.05, 4.69) is 30.1 Å². The fourth-order valence-corrected chi connectivity index (χ4v) is 2.68. The Bertz CT molecular complexity index is 907. The standard InChI is InChI=1S/C18H13NO/c1-12-10-14-13-6-2-3-8-17(13)20-18(14)15(11-12)16-7-4-5-9-19-16/h2-11H,1H3. The van der Waals surface area contributed by atoms with Crippen molar-refractivity contribution in [1.82, 2.24) is 4.98 Å². The van der Waals surface area contributed by atoms with Gasteiger partial charge in [-0.25, -0.2) is 0 Å². The van der Waals surface area contributed by atoms with Crippen molar-refractivity contribution in [3.8, 4) is 11.3 Å². The molecule has 0 N–H and O–H groups in total. The number of para-hydroxylation sites is 1. The van der Waals surface area contributed by atoms with E-state index in [-0.39, 0.29) is 0 Å². The second-order valence-electron chi connectivity index (χ2n) is 5.00. The molecule has 0 spiro atoms. The molecular weight excluding hydrogens is 246 g/mol. The van der Waals surface area contributed by atoms with Gasteiger partial charge in [0.2, 0.25) is 0 Å². The average molecular weight is 259 g/mol. The molecule has 0 aliphatic rings. The smallest absolute Gasteiger partial charge is 0.144 e. The minimum atomic E-state index is 0.913. The van der Waals surface area contributed by atoms with Gasteiger partial charge >= 0.3 is 0 Å². The molecule has 2 aromatic heterocycles. The summed E-state index contributed by atoms with van der Waals surface area (Å²) in [6.45, 7) is 2.10. The van der Waals surface area contributed by atoms with Gasteiger partial charge in [0, 0.05) is 22.5 Å². The van der Waals surface area contributed by atoms with Crippen LogP contribution in [0.1, 0.15) is 5.56 Å². The summed E-state index contributed by atoms with van der Waals surface area (Å²) in [5.74, 6) is 0. The number of hydrogen-bond acceptors (Lipinski definition) is 2. The highest BCUT2D eigenvalue weighted by molar-refractivity contribution is 6.09.